The molecule has 0 radical (unpaired) electrons. The third kappa shape index (κ3) is 4.91. The minimum atomic E-state index is -0.732. The highest BCUT2D eigenvalue weighted by Crippen LogP contribution is 2.13. The summed E-state index contributed by atoms with van der Waals surface area (Å²) in [4.78, 5) is 23.6. The summed E-state index contributed by atoms with van der Waals surface area (Å²) in [5, 5.41) is 2.76. The van der Waals surface area contributed by atoms with Gasteiger partial charge in [-0.05, 0) is 42.7 Å². The van der Waals surface area contributed by atoms with Crippen LogP contribution in [0.4, 0.5) is 4.39 Å². The number of ether oxygens (including phenoxy) is 1. The Bertz CT molecular complexity index is 713. The molecule has 2 aromatic carbocycles. The molecule has 2 aromatic rings. The van der Waals surface area contributed by atoms with E-state index >= 15 is 0 Å². The molecule has 0 unspecified atom stereocenters. The van der Waals surface area contributed by atoms with E-state index in [0.29, 0.717) is 0 Å². The molecule has 0 saturated heterocycles. The van der Waals surface area contributed by atoms with Crippen LogP contribution in [0.3, 0.4) is 0 Å². The molecule has 4 nitrogen and oxygen atoms in total. The van der Waals surface area contributed by atoms with E-state index < -0.39 is 24.3 Å². The molecule has 0 aromatic heterocycles. The minimum absolute atomic E-state index is 0.0750. The average Bonchev–Trinajstić information content (AvgIpc) is 2.59. The van der Waals surface area contributed by atoms with E-state index in [1.165, 1.54) is 23.8 Å². The molecule has 0 fully saturated rings. The number of hydrogen-bond acceptors (Lipinski definition) is 3. The minimum Gasteiger partial charge on any atom is -0.452 e. The summed E-state index contributed by atoms with van der Waals surface area (Å²) in [5.41, 5.74) is 2.27. The molecule has 0 saturated carbocycles. The summed E-state index contributed by atoms with van der Waals surface area (Å²) in [6.07, 6.45) is 0.955. The Kier molecular flexibility index (Phi) is 6.07. The third-order valence-corrected chi connectivity index (χ3v) is 3.66. The number of rotatable bonds is 6. The van der Waals surface area contributed by atoms with Gasteiger partial charge in [0.15, 0.2) is 6.61 Å². The van der Waals surface area contributed by atoms with Gasteiger partial charge in [-0.3, -0.25) is 4.79 Å². The quantitative estimate of drug-likeness (QED) is 0.826. The molecule has 126 valence electrons. The topological polar surface area (TPSA) is 55.4 Å². The lowest BCUT2D eigenvalue weighted by atomic mass is 10.1. The van der Waals surface area contributed by atoms with Crippen molar-refractivity contribution in [2.75, 3.05) is 6.61 Å². The first-order valence-electron chi connectivity index (χ1n) is 7.80. The second-order valence-electron chi connectivity index (χ2n) is 5.47. The zero-order valence-corrected chi connectivity index (χ0v) is 13.7. The van der Waals surface area contributed by atoms with Crippen molar-refractivity contribution >= 4 is 11.9 Å². The van der Waals surface area contributed by atoms with Crippen LogP contribution in [0.2, 0.25) is 0 Å². The van der Waals surface area contributed by atoms with E-state index in [2.05, 4.69) is 12.2 Å². The van der Waals surface area contributed by atoms with Crippen LogP contribution < -0.4 is 5.32 Å². The van der Waals surface area contributed by atoms with Crippen molar-refractivity contribution in [3.8, 4) is 0 Å². The largest absolute Gasteiger partial charge is 0.452 e. The molecule has 0 aliphatic heterocycles. The van der Waals surface area contributed by atoms with Gasteiger partial charge in [-0.2, -0.15) is 0 Å². The van der Waals surface area contributed by atoms with Crippen molar-refractivity contribution in [1.29, 1.82) is 0 Å². The van der Waals surface area contributed by atoms with Gasteiger partial charge in [0.05, 0.1) is 11.6 Å². The average molecular weight is 329 g/mol. The third-order valence-electron chi connectivity index (χ3n) is 3.66. The Morgan fingerprint density at radius 1 is 1.17 bits per heavy atom. The number of esters is 1. The van der Waals surface area contributed by atoms with Gasteiger partial charge in [-0.25, -0.2) is 9.18 Å². The Balaban J connectivity index is 1.85. The normalized spacial score (nSPS) is 11.6. The molecular formula is C19H20FNO3. The zero-order chi connectivity index (χ0) is 17.5. The highest BCUT2D eigenvalue weighted by Gasteiger charge is 2.13. The van der Waals surface area contributed by atoms with Gasteiger partial charge < -0.3 is 10.1 Å². The molecule has 2 rings (SSSR count). The zero-order valence-electron chi connectivity index (χ0n) is 13.7. The summed E-state index contributed by atoms with van der Waals surface area (Å²) < 4.78 is 18.0. The summed E-state index contributed by atoms with van der Waals surface area (Å²) in [6.45, 7) is 3.52. The maximum Gasteiger partial charge on any atom is 0.338 e. The van der Waals surface area contributed by atoms with Crippen molar-refractivity contribution in [3.63, 3.8) is 0 Å². The second-order valence-corrected chi connectivity index (χ2v) is 5.47. The number of hydrogen-bond donors (Lipinski definition) is 1. The van der Waals surface area contributed by atoms with Gasteiger partial charge in [0.1, 0.15) is 5.82 Å². The van der Waals surface area contributed by atoms with Gasteiger partial charge in [-0.15, -0.1) is 0 Å². The molecular weight excluding hydrogens is 309 g/mol. The van der Waals surface area contributed by atoms with Crippen molar-refractivity contribution in [2.45, 2.75) is 26.3 Å². The van der Waals surface area contributed by atoms with E-state index in [0.717, 1.165) is 18.1 Å². The number of benzene rings is 2. The van der Waals surface area contributed by atoms with Crippen molar-refractivity contribution in [1.82, 2.24) is 5.32 Å². The van der Waals surface area contributed by atoms with Crippen molar-refractivity contribution in [2.24, 2.45) is 0 Å². The van der Waals surface area contributed by atoms with E-state index in [-0.39, 0.29) is 11.6 Å². The summed E-state index contributed by atoms with van der Waals surface area (Å²) in [6, 6.07) is 12.9. The summed E-state index contributed by atoms with van der Waals surface area (Å²) in [5.74, 6) is -1.67. The lowest BCUT2D eigenvalue weighted by Gasteiger charge is -2.15. The Morgan fingerprint density at radius 2 is 1.88 bits per heavy atom. The monoisotopic (exact) mass is 329 g/mol. The fraction of sp³-hybridized carbons (Fsp3) is 0.263. The first-order chi connectivity index (χ1) is 11.5. The molecule has 1 amide bonds. The Morgan fingerprint density at radius 3 is 2.50 bits per heavy atom. The second kappa shape index (κ2) is 8.24. The molecule has 0 heterocycles. The van der Waals surface area contributed by atoms with Gasteiger partial charge >= 0.3 is 5.97 Å². The first kappa shape index (κ1) is 17.7. The number of aryl methyl sites for hydroxylation is 1. The van der Waals surface area contributed by atoms with Gasteiger partial charge in [0, 0.05) is 0 Å². The maximum atomic E-state index is 13.1. The predicted octanol–water partition coefficient (Wildman–Crippen LogP) is 3.42. The first-order valence-corrected chi connectivity index (χ1v) is 7.80. The molecule has 0 bridgehead atoms. The van der Waals surface area contributed by atoms with Gasteiger partial charge in [-0.1, -0.05) is 37.3 Å². The number of nitrogens with one attached hydrogen (secondary N) is 1. The van der Waals surface area contributed by atoms with Crippen LogP contribution in [0.25, 0.3) is 0 Å². The van der Waals surface area contributed by atoms with Crippen LogP contribution in [0.5, 0.6) is 0 Å². The smallest absolute Gasteiger partial charge is 0.338 e. The van der Waals surface area contributed by atoms with Crippen LogP contribution in [0, 0.1) is 5.82 Å². The molecule has 0 aliphatic carbocycles. The van der Waals surface area contributed by atoms with Crippen molar-refractivity contribution in [3.05, 3.63) is 71.0 Å². The van der Waals surface area contributed by atoms with Crippen LogP contribution in [-0.4, -0.2) is 18.5 Å². The molecule has 5 heteroatoms. The molecule has 1 N–H and O–H groups in total. The van der Waals surface area contributed by atoms with Crippen LogP contribution in [0.15, 0.2) is 48.5 Å². The Labute approximate surface area is 140 Å². The van der Waals surface area contributed by atoms with Crippen molar-refractivity contribution < 1.29 is 18.7 Å². The van der Waals surface area contributed by atoms with Crippen LogP contribution >= 0.6 is 0 Å². The standard InChI is InChI=1S/C19H20FNO3/c1-3-14-7-9-15(10-8-14)13(2)21-18(22)12-24-19(23)16-5-4-6-17(20)11-16/h4-11,13H,3,12H2,1-2H3,(H,21,22)/t13-/m1/s1. The molecule has 24 heavy (non-hydrogen) atoms. The summed E-state index contributed by atoms with van der Waals surface area (Å²) in [7, 11) is 0. The number of carbonyl (C=O) groups excluding carboxylic acids is 2. The van der Waals surface area contributed by atoms with Crippen LogP contribution in [0.1, 0.15) is 41.4 Å². The highest BCUT2D eigenvalue weighted by molar-refractivity contribution is 5.91. The lowest BCUT2D eigenvalue weighted by Crippen LogP contribution is -2.31. The van der Waals surface area contributed by atoms with Crippen LogP contribution in [-0.2, 0) is 16.0 Å². The number of amides is 1. The lowest BCUT2D eigenvalue weighted by molar-refractivity contribution is -0.124. The molecule has 0 spiro atoms. The fourth-order valence-electron chi connectivity index (χ4n) is 2.24. The van der Waals surface area contributed by atoms with E-state index in [4.69, 9.17) is 4.74 Å². The maximum absolute atomic E-state index is 13.1. The fourth-order valence-corrected chi connectivity index (χ4v) is 2.24. The number of halogens is 1. The van der Waals surface area contributed by atoms with E-state index in [1.807, 2.05) is 31.2 Å². The SMILES string of the molecule is CCc1ccc([C@@H](C)NC(=O)COC(=O)c2cccc(F)c2)cc1. The molecule has 0 aliphatic rings. The van der Waals surface area contributed by atoms with E-state index in [9.17, 15) is 14.0 Å². The summed E-state index contributed by atoms with van der Waals surface area (Å²) >= 11 is 0. The Hall–Kier alpha value is -2.69. The number of carbonyl (C=O) groups is 2. The predicted molar refractivity (Wildman–Crippen MR) is 89.1 cm³/mol. The van der Waals surface area contributed by atoms with E-state index in [1.54, 1.807) is 0 Å². The van der Waals surface area contributed by atoms with Gasteiger partial charge in [0.25, 0.3) is 5.91 Å². The highest BCUT2D eigenvalue weighted by atomic mass is 19.1. The van der Waals surface area contributed by atoms with Gasteiger partial charge in [0.2, 0.25) is 0 Å². The molecule has 1 atom stereocenters.